The number of ether oxygens (including phenoxy) is 1. The Morgan fingerprint density at radius 2 is 1.90 bits per heavy atom. The zero-order chi connectivity index (χ0) is 28.4. The van der Waals surface area contributed by atoms with Gasteiger partial charge in [-0.2, -0.15) is 5.10 Å². The summed E-state index contributed by atoms with van der Waals surface area (Å²) in [6.45, 7) is 0.237. The van der Waals surface area contributed by atoms with Gasteiger partial charge in [0.1, 0.15) is 6.17 Å². The molecule has 11 heteroatoms. The first-order valence-corrected chi connectivity index (χ1v) is 13.9. The van der Waals surface area contributed by atoms with Gasteiger partial charge < -0.3 is 20.1 Å². The van der Waals surface area contributed by atoms with Gasteiger partial charge in [0.15, 0.2) is 5.69 Å². The number of para-hydroxylation sites is 1. The topological polar surface area (TPSA) is 114 Å². The zero-order valence-electron chi connectivity index (χ0n) is 22.2. The average Bonchev–Trinajstić information content (AvgIpc) is 3.48. The number of nitrogens with one attached hydrogen (secondary N) is 1. The molecule has 212 valence electrons. The quantitative estimate of drug-likeness (QED) is 0.408. The molecule has 1 saturated heterocycles. The van der Waals surface area contributed by atoms with Gasteiger partial charge in [-0.1, -0.05) is 35.9 Å². The van der Waals surface area contributed by atoms with Crippen molar-refractivity contribution in [2.75, 3.05) is 18.5 Å². The lowest BCUT2D eigenvalue weighted by Crippen LogP contribution is -2.40. The van der Waals surface area contributed by atoms with E-state index >= 15 is 0 Å². The fourth-order valence-electron chi connectivity index (χ4n) is 5.66. The number of carboxylic acid groups (broad SMARTS) is 1. The lowest BCUT2D eigenvalue weighted by Gasteiger charge is -2.29. The highest BCUT2D eigenvalue weighted by atomic mass is 35.5. The number of aliphatic carboxylic acids is 1. The number of fused-ring (bicyclic) bond motifs is 1. The summed E-state index contributed by atoms with van der Waals surface area (Å²) in [5.41, 5.74) is 2.16. The Balaban J connectivity index is 1.18. The van der Waals surface area contributed by atoms with Gasteiger partial charge in [0.2, 0.25) is 5.91 Å². The van der Waals surface area contributed by atoms with Crippen LogP contribution in [-0.2, 0) is 27.8 Å². The molecule has 5 rings (SSSR count). The molecule has 3 aromatic rings. The molecule has 2 aromatic carbocycles. The van der Waals surface area contributed by atoms with Crippen molar-refractivity contribution in [3.63, 3.8) is 0 Å². The maximum absolute atomic E-state index is 14.3. The van der Waals surface area contributed by atoms with Crippen LogP contribution in [0, 0.1) is 5.92 Å². The molecule has 0 spiro atoms. The van der Waals surface area contributed by atoms with Crippen LogP contribution in [0.5, 0.6) is 0 Å². The van der Waals surface area contributed by atoms with Crippen LogP contribution in [0.25, 0.3) is 10.9 Å². The summed E-state index contributed by atoms with van der Waals surface area (Å²) in [6.07, 6.45) is 1.48. The van der Waals surface area contributed by atoms with E-state index in [9.17, 15) is 18.8 Å². The maximum atomic E-state index is 14.3. The van der Waals surface area contributed by atoms with Gasteiger partial charge in [0, 0.05) is 18.9 Å². The third-order valence-electron chi connectivity index (χ3n) is 7.84. The number of halogens is 2. The Hall–Kier alpha value is -3.50. The van der Waals surface area contributed by atoms with Crippen LogP contribution in [0.15, 0.2) is 42.5 Å². The van der Waals surface area contributed by atoms with Gasteiger partial charge in [0.25, 0.3) is 5.91 Å². The van der Waals surface area contributed by atoms with Gasteiger partial charge in [-0.3, -0.25) is 19.1 Å². The Morgan fingerprint density at radius 1 is 1.15 bits per heavy atom. The van der Waals surface area contributed by atoms with E-state index in [0.29, 0.717) is 36.9 Å². The minimum atomic E-state index is -1.12. The minimum absolute atomic E-state index is 0.0124. The van der Waals surface area contributed by atoms with Crippen molar-refractivity contribution in [1.82, 2.24) is 14.7 Å². The molecule has 2 N–H and O–H groups in total. The molecule has 0 unspecified atom stereocenters. The molecule has 1 saturated carbocycles. The summed E-state index contributed by atoms with van der Waals surface area (Å²) in [7, 11) is 1.77. The van der Waals surface area contributed by atoms with Gasteiger partial charge in [-0.15, -0.1) is 0 Å². The minimum Gasteiger partial charge on any atom is -0.481 e. The van der Waals surface area contributed by atoms with E-state index < -0.39 is 18.0 Å². The number of aryl methyl sites for hydroxylation is 1. The molecule has 2 heterocycles. The molecule has 40 heavy (non-hydrogen) atoms. The number of amides is 2. The first kappa shape index (κ1) is 28.0. The highest BCUT2D eigenvalue weighted by Crippen LogP contribution is 2.29. The number of rotatable bonds is 8. The van der Waals surface area contributed by atoms with Crippen LogP contribution in [0.2, 0.25) is 5.02 Å². The molecule has 0 bridgehead atoms. The predicted molar refractivity (Wildman–Crippen MR) is 148 cm³/mol. The fraction of sp³-hybridized carbons (Fsp3) is 0.448. The lowest BCUT2D eigenvalue weighted by atomic mass is 9.87. The molecule has 2 amide bonds. The molecule has 1 aliphatic carbocycles. The molecule has 1 aromatic heterocycles. The smallest absolute Gasteiger partial charge is 0.306 e. The van der Waals surface area contributed by atoms with Gasteiger partial charge >= 0.3 is 5.97 Å². The van der Waals surface area contributed by atoms with Crippen molar-refractivity contribution >= 4 is 46.0 Å². The van der Waals surface area contributed by atoms with Gasteiger partial charge in [0.05, 0.1) is 53.9 Å². The van der Waals surface area contributed by atoms with Crippen LogP contribution in [0.3, 0.4) is 0 Å². The number of anilines is 1. The summed E-state index contributed by atoms with van der Waals surface area (Å²) in [4.78, 5) is 38.8. The molecule has 9 nitrogen and oxygen atoms in total. The molecular formula is C29H32ClFN4O5. The fourth-order valence-corrected chi connectivity index (χ4v) is 5.91. The first-order chi connectivity index (χ1) is 19.2. The number of benzene rings is 2. The van der Waals surface area contributed by atoms with Crippen LogP contribution in [0.1, 0.15) is 48.2 Å². The summed E-state index contributed by atoms with van der Waals surface area (Å²) in [6, 6.07) is 12.0. The Kier molecular flexibility index (Phi) is 8.37. The van der Waals surface area contributed by atoms with Crippen molar-refractivity contribution in [2.45, 2.75) is 56.8 Å². The number of alkyl halides is 1. The van der Waals surface area contributed by atoms with Crippen LogP contribution in [0.4, 0.5) is 10.1 Å². The van der Waals surface area contributed by atoms with E-state index in [1.807, 2.05) is 24.3 Å². The Labute approximate surface area is 236 Å². The number of carbonyl (C=O) groups excluding carboxylic acids is 2. The molecule has 2 fully saturated rings. The first-order valence-electron chi connectivity index (χ1n) is 13.5. The second-order valence-electron chi connectivity index (χ2n) is 10.6. The standard InChI is InChI=1S/C29H32ClFN4O5/c1-34-25-5-3-2-4-22(25)27(33-34)28(37)32-24-11-6-17(12-23(24)30)13-26(36)35-15-19(31)14-20(35)16-40-21-9-7-18(8-10-21)29(38)39/h2-6,11-12,18-21H,7-10,13-16H2,1H3,(H,32,37)(H,38,39)/t18-,19-,20-,21-/m0/s1. The molecule has 2 atom stereocenters. The van der Waals surface area contributed by atoms with Crippen molar-refractivity contribution in [3.05, 3.63) is 58.7 Å². The van der Waals surface area contributed by atoms with Crippen LogP contribution in [-0.4, -0.2) is 69.0 Å². The summed E-state index contributed by atoms with van der Waals surface area (Å²) in [5, 5.41) is 17.3. The lowest BCUT2D eigenvalue weighted by molar-refractivity contribution is -0.144. The predicted octanol–water partition coefficient (Wildman–Crippen LogP) is 4.62. The van der Waals surface area contributed by atoms with Crippen LogP contribution >= 0.6 is 11.6 Å². The van der Waals surface area contributed by atoms with Crippen LogP contribution < -0.4 is 5.32 Å². The van der Waals surface area contributed by atoms with Crippen molar-refractivity contribution in [2.24, 2.45) is 13.0 Å². The Bertz CT molecular complexity index is 1420. The van der Waals surface area contributed by atoms with Gasteiger partial charge in [-0.25, -0.2) is 4.39 Å². The number of hydrogen-bond donors (Lipinski definition) is 2. The number of carbonyl (C=O) groups is 3. The molecule has 0 radical (unpaired) electrons. The third-order valence-corrected chi connectivity index (χ3v) is 8.15. The summed E-state index contributed by atoms with van der Waals surface area (Å²) in [5.74, 6) is -1.73. The van der Waals surface area contributed by atoms with E-state index in [1.54, 1.807) is 29.9 Å². The van der Waals surface area contributed by atoms with E-state index in [4.69, 9.17) is 21.4 Å². The normalized spacial score (nSPS) is 22.9. The second-order valence-corrected chi connectivity index (χ2v) is 11.0. The largest absolute Gasteiger partial charge is 0.481 e. The molecular weight excluding hydrogens is 539 g/mol. The number of aromatic nitrogens is 2. The summed E-state index contributed by atoms with van der Waals surface area (Å²) < 4.78 is 22.0. The summed E-state index contributed by atoms with van der Waals surface area (Å²) >= 11 is 6.46. The van der Waals surface area contributed by atoms with Crippen molar-refractivity contribution in [1.29, 1.82) is 0 Å². The van der Waals surface area contributed by atoms with Gasteiger partial charge in [-0.05, 0) is 49.4 Å². The monoisotopic (exact) mass is 570 g/mol. The maximum Gasteiger partial charge on any atom is 0.306 e. The highest BCUT2D eigenvalue weighted by Gasteiger charge is 2.36. The van der Waals surface area contributed by atoms with Crippen molar-refractivity contribution in [3.8, 4) is 0 Å². The van der Waals surface area contributed by atoms with E-state index in [0.717, 1.165) is 10.9 Å². The third kappa shape index (κ3) is 6.13. The molecule has 1 aliphatic heterocycles. The number of hydrogen-bond acceptors (Lipinski definition) is 5. The average molecular weight is 571 g/mol. The highest BCUT2D eigenvalue weighted by molar-refractivity contribution is 6.34. The Morgan fingerprint density at radius 3 is 2.62 bits per heavy atom. The van der Waals surface area contributed by atoms with E-state index in [-0.39, 0.29) is 60.7 Å². The van der Waals surface area contributed by atoms with E-state index in [2.05, 4.69) is 10.4 Å². The SMILES string of the molecule is Cn1nc(C(=O)Nc2ccc(CC(=O)N3C[C@@H](F)C[C@H]3CO[C@H]3CC[C@H](C(=O)O)CC3)cc2Cl)c2ccccc21. The number of carboxylic acids is 1. The number of nitrogens with zero attached hydrogens (tertiary/aromatic N) is 3. The zero-order valence-corrected chi connectivity index (χ0v) is 22.9. The number of likely N-dealkylation sites (tertiary alicyclic amines) is 1. The second kappa shape index (κ2) is 11.9. The van der Waals surface area contributed by atoms with Crippen molar-refractivity contribution < 1.29 is 28.6 Å². The van der Waals surface area contributed by atoms with E-state index in [1.165, 1.54) is 4.90 Å². The molecule has 2 aliphatic rings.